The Morgan fingerprint density at radius 1 is 1.19 bits per heavy atom. The third-order valence-corrected chi connectivity index (χ3v) is 3.29. The van der Waals surface area contributed by atoms with E-state index in [1.54, 1.807) is 6.07 Å². The molecule has 3 unspecified atom stereocenters. The van der Waals surface area contributed by atoms with Crippen molar-refractivity contribution >= 4 is 11.4 Å². The third-order valence-electron chi connectivity index (χ3n) is 3.29. The molecule has 9 nitrogen and oxygen atoms in total. The Labute approximate surface area is 119 Å². The first-order valence-corrected chi connectivity index (χ1v) is 6.26. The largest absolute Gasteiger partial charge is 0.394 e. The Morgan fingerprint density at radius 3 is 2.48 bits per heavy atom. The number of nitro benzene ring substituents is 1. The van der Waals surface area contributed by atoms with Gasteiger partial charge in [-0.2, -0.15) is 0 Å². The van der Waals surface area contributed by atoms with E-state index >= 15 is 0 Å². The molecule has 5 N–H and O–H groups in total. The molecule has 9 heteroatoms. The standard InChI is InChI=1S/C12H16N2O7/c15-5-8-9(16)10(17)11(18)12(21-8)13-6-3-1-2-4-7(6)14(19)20/h1-4,8-13,15-18H,5H2/t8?,9-,10+,11?,12?/m1/s1. The first kappa shape index (κ1) is 15.6. The van der Waals surface area contributed by atoms with Crippen LogP contribution in [0.5, 0.6) is 0 Å². The van der Waals surface area contributed by atoms with Crippen LogP contribution in [0.3, 0.4) is 0 Å². The van der Waals surface area contributed by atoms with Gasteiger partial charge in [0.1, 0.15) is 30.1 Å². The van der Waals surface area contributed by atoms with Gasteiger partial charge in [0.25, 0.3) is 5.69 Å². The Kier molecular flexibility index (Phi) is 4.70. The molecule has 1 aromatic rings. The number of anilines is 1. The van der Waals surface area contributed by atoms with Crippen molar-refractivity contribution in [2.45, 2.75) is 30.6 Å². The lowest BCUT2D eigenvalue weighted by molar-refractivity contribution is -0.384. The molecule has 0 saturated carbocycles. The van der Waals surface area contributed by atoms with Crippen molar-refractivity contribution in [3.63, 3.8) is 0 Å². The molecule has 2 rings (SSSR count). The van der Waals surface area contributed by atoms with Crippen molar-refractivity contribution in [2.24, 2.45) is 0 Å². The number of aliphatic hydroxyl groups is 4. The van der Waals surface area contributed by atoms with E-state index in [1.807, 2.05) is 0 Å². The molecule has 5 atom stereocenters. The molecular weight excluding hydrogens is 284 g/mol. The highest BCUT2D eigenvalue weighted by atomic mass is 16.6. The van der Waals surface area contributed by atoms with Crippen LogP contribution in [0.25, 0.3) is 0 Å². The van der Waals surface area contributed by atoms with Gasteiger partial charge in [0.2, 0.25) is 0 Å². The van der Waals surface area contributed by atoms with Gasteiger partial charge in [0.05, 0.1) is 11.5 Å². The van der Waals surface area contributed by atoms with Gasteiger partial charge < -0.3 is 30.5 Å². The first-order valence-electron chi connectivity index (χ1n) is 6.26. The van der Waals surface area contributed by atoms with Crippen LogP contribution < -0.4 is 5.32 Å². The van der Waals surface area contributed by atoms with Crippen LogP contribution in [-0.2, 0) is 4.74 Å². The number of benzene rings is 1. The molecule has 21 heavy (non-hydrogen) atoms. The summed E-state index contributed by atoms with van der Waals surface area (Å²) in [5.41, 5.74) is -0.138. The molecule has 1 aliphatic rings. The Hall–Kier alpha value is -1.78. The zero-order valence-corrected chi connectivity index (χ0v) is 10.9. The monoisotopic (exact) mass is 300 g/mol. The van der Waals surface area contributed by atoms with E-state index in [9.17, 15) is 25.4 Å². The van der Waals surface area contributed by atoms with Gasteiger partial charge in [-0.15, -0.1) is 0 Å². The summed E-state index contributed by atoms with van der Waals surface area (Å²) >= 11 is 0. The van der Waals surface area contributed by atoms with Crippen molar-refractivity contribution in [1.82, 2.24) is 0 Å². The minimum Gasteiger partial charge on any atom is -0.394 e. The van der Waals surface area contributed by atoms with E-state index in [4.69, 9.17) is 9.84 Å². The molecule has 1 aliphatic heterocycles. The van der Waals surface area contributed by atoms with E-state index < -0.39 is 42.2 Å². The average molecular weight is 300 g/mol. The zero-order chi connectivity index (χ0) is 15.6. The maximum Gasteiger partial charge on any atom is 0.292 e. The number of aliphatic hydroxyl groups excluding tert-OH is 4. The number of para-hydroxylation sites is 2. The van der Waals surface area contributed by atoms with Crippen LogP contribution in [0.4, 0.5) is 11.4 Å². The quantitative estimate of drug-likeness (QED) is 0.344. The van der Waals surface area contributed by atoms with Crippen LogP contribution in [-0.4, -0.2) is 62.6 Å². The number of hydrogen-bond acceptors (Lipinski definition) is 8. The van der Waals surface area contributed by atoms with E-state index in [-0.39, 0.29) is 11.4 Å². The summed E-state index contributed by atoms with van der Waals surface area (Å²) < 4.78 is 5.23. The van der Waals surface area contributed by atoms with Crippen molar-refractivity contribution in [3.05, 3.63) is 34.4 Å². The molecule has 0 aliphatic carbocycles. The molecule has 116 valence electrons. The smallest absolute Gasteiger partial charge is 0.292 e. The van der Waals surface area contributed by atoms with Crippen LogP contribution in [0.1, 0.15) is 0 Å². The SMILES string of the molecule is O=[N+]([O-])c1ccccc1NC1OC(CO)[C@@H](O)[C@H](O)C1O. The van der Waals surface area contributed by atoms with Crippen LogP contribution in [0.15, 0.2) is 24.3 Å². The summed E-state index contributed by atoms with van der Waals surface area (Å²) in [6, 6.07) is 5.72. The van der Waals surface area contributed by atoms with Crippen LogP contribution in [0, 0.1) is 10.1 Å². The predicted molar refractivity (Wildman–Crippen MR) is 70.5 cm³/mol. The molecule has 1 aromatic carbocycles. The maximum absolute atomic E-state index is 10.9. The van der Waals surface area contributed by atoms with Crippen molar-refractivity contribution in [3.8, 4) is 0 Å². The highest BCUT2D eigenvalue weighted by Gasteiger charge is 2.43. The van der Waals surface area contributed by atoms with E-state index in [0.29, 0.717) is 0 Å². The topological polar surface area (TPSA) is 145 Å². The lowest BCUT2D eigenvalue weighted by Gasteiger charge is -2.40. The fraction of sp³-hybridized carbons (Fsp3) is 0.500. The number of rotatable bonds is 4. The number of nitrogens with one attached hydrogen (secondary N) is 1. The third kappa shape index (κ3) is 3.12. The van der Waals surface area contributed by atoms with E-state index in [2.05, 4.69) is 5.32 Å². The molecule has 0 bridgehead atoms. The molecule has 0 amide bonds. The van der Waals surface area contributed by atoms with Crippen LogP contribution in [0.2, 0.25) is 0 Å². The van der Waals surface area contributed by atoms with E-state index in [1.165, 1.54) is 18.2 Å². The molecule has 1 heterocycles. The average Bonchev–Trinajstić information content (AvgIpc) is 2.48. The highest BCUT2D eigenvalue weighted by molar-refractivity contribution is 5.61. The van der Waals surface area contributed by atoms with E-state index in [0.717, 1.165) is 0 Å². The van der Waals surface area contributed by atoms with Crippen LogP contribution >= 0.6 is 0 Å². The zero-order valence-electron chi connectivity index (χ0n) is 10.9. The second-order valence-electron chi connectivity index (χ2n) is 4.67. The van der Waals surface area contributed by atoms with Gasteiger partial charge in [-0.1, -0.05) is 12.1 Å². The fourth-order valence-corrected chi connectivity index (χ4v) is 2.13. The lowest BCUT2D eigenvalue weighted by atomic mass is 9.98. The number of hydrogen-bond donors (Lipinski definition) is 5. The summed E-state index contributed by atoms with van der Waals surface area (Å²) in [7, 11) is 0. The molecule has 0 aromatic heterocycles. The Morgan fingerprint density at radius 2 is 1.86 bits per heavy atom. The van der Waals surface area contributed by atoms with Gasteiger partial charge in [-0.3, -0.25) is 10.1 Å². The fourth-order valence-electron chi connectivity index (χ4n) is 2.13. The van der Waals surface area contributed by atoms with Crippen molar-refractivity contribution in [2.75, 3.05) is 11.9 Å². The van der Waals surface area contributed by atoms with Gasteiger partial charge in [-0.05, 0) is 6.07 Å². The second kappa shape index (κ2) is 6.33. The number of ether oxygens (including phenoxy) is 1. The Balaban J connectivity index is 2.20. The summed E-state index contributed by atoms with van der Waals surface area (Å²) in [5.74, 6) is 0. The van der Waals surface area contributed by atoms with Gasteiger partial charge >= 0.3 is 0 Å². The first-order chi connectivity index (χ1) is 9.95. The lowest BCUT2D eigenvalue weighted by Crippen LogP contribution is -2.60. The number of nitro groups is 1. The minimum atomic E-state index is -1.55. The molecular formula is C12H16N2O7. The molecule has 0 spiro atoms. The van der Waals surface area contributed by atoms with Gasteiger partial charge in [0, 0.05) is 6.07 Å². The van der Waals surface area contributed by atoms with Gasteiger partial charge in [-0.25, -0.2) is 0 Å². The normalized spacial score (nSPS) is 32.7. The molecule has 0 radical (unpaired) electrons. The Bertz CT molecular complexity index is 510. The highest BCUT2D eigenvalue weighted by Crippen LogP contribution is 2.28. The summed E-state index contributed by atoms with van der Waals surface area (Å²) in [6.45, 7) is -0.569. The predicted octanol–water partition coefficient (Wildman–Crippen LogP) is -1.19. The molecule has 1 saturated heterocycles. The summed E-state index contributed by atoms with van der Waals surface area (Å²) in [5, 5.41) is 51.8. The number of nitrogens with zero attached hydrogens (tertiary/aromatic N) is 1. The molecule has 1 fully saturated rings. The van der Waals surface area contributed by atoms with Crippen molar-refractivity contribution < 1.29 is 30.1 Å². The second-order valence-corrected chi connectivity index (χ2v) is 4.67. The maximum atomic E-state index is 10.9. The summed E-state index contributed by atoms with van der Waals surface area (Å²) in [4.78, 5) is 10.3. The van der Waals surface area contributed by atoms with Gasteiger partial charge in [0.15, 0.2) is 6.23 Å². The van der Waals surface area contributed by atoms with Crippen molar-refractivity contribution in [1.29, 1.82) is 0 Å². The minimum absolute atomic E-state index is 0.0897. The summed E-state index contributed by atoms with van der Waals surface area (Å²) in [6.07, 6.45) is -6.82.